The van der Waals surface area contributed by atoms with Gasteiger partial charge < -0.3 is 5.32 Å². The minimum atomic E-state index is -0.260. The van der Waals surface area contributed by atoms with E-state index in [0.29, 0.717) is 5.16 Å². The fraction of sp³-hybridized carbons (Fsp3) is 0.353. The van der Waals surface area contributed by atoms with Gasteiger partial charge in [0.25, 0.3) is 0 Å². The number of carbonyl (C=O) groups is 1. The van der Waals surface area contributed by atoms with Gasteiger partial charge in [0.1, 0.15) is 0 Å². The Morgan fingerprint density at radius 1 is 1.14 bits per heavy atom. The zero-order valence-electron chi connectivity index (χ0n) is 13.3. The van der Waals surface area contributed by atoms with E-state index in [9.17, 15) is 4.79 Å². The van der Waals surface area contributed by atoms with Crippen molar-refractivity contribution in [1.82, 2.24) is 9.97 Å². The third kappa shape index (κ3) is 4.56. The van der Waals surface area contributed by atoms with Crippen LogP contribution in [0.3, 0.4) is 0 Å². The summed E-state index contributed by atoms with van der Waals surface area (Å²) in [4.78, 5) is 20.4. The van der Waals surface area contributed by atoms with Gasteiger partial charge >= 0.3 is 0 Å². The lowest BCUT2D eigenvalue weighted by molar-refractivity contribution is -0.115. The highest BCUT2D eigenvalue weighted by Crippen LogP contribution is 2.24. The molecule has 1 atom stereocenters. The number of rotatable bonds is 4. The molecule has 0 aliphatic rings. The molecular formula is C17H21N3OS. The standard InChI is InChI=1S/C17H21N3OS/c1-12(22-16-18-10-5-11-19-16)15(21)20-14-8-6-13(7-9-14)17(2,3)4/h5-12H,1-4H3,(H,20,21). The molecule has 2 rings (SSSR count). The number of nitrogens with one attached hydrogen (secondary N) is 1. The van der Waals surface area contributed by atoms with Gasteiger partial charge in [0, 0.05) is 18.1 Å². The van der Waals surface area contributed by atoms with Gasteiger partial charge in [0.2, 0.25) is 5.91 Å². The average Bonchev–Trinajstić information content (AvgIpc) is 2.48. The Bertz CT molecular complexity index is 621. The second-order valence-electron chi connectivity index (χ2n) is 6.11. The molecule has 0 bridgehead atoms. The molecule has 22 heavy (non-hydrogen) atoms. The summed E-state index contributed by atoms with van der Waals surface area (Å²) in [6.07, 6.45) is 3.34. The number of aromatic nitrogens is 2. The number of anilines is 1. The highest BCUT2D eigenvalue weighted by Gasteiger charge is 2.17. The zero-order chi connectivity index (χ0) is 16.2. The largest absolute Gasteiger partial charge is 0.325 e. The van der Waals surface area contributed by atoms with Gasteiger partial charge in [-0.2, -0.15) is 0 Å². The van der Waals surface area contributed by atoms with Gasteiger partial charge in [-0.1, -0.05) is 44.7 Å². The van der Waals surface area contributed by atoms with Crippen LogP contribution in [0.4, 0.5) is 5.69 Å². The lowest BCUT2D eigenvalue weighted by atomic mass is 9.87. The summed E-state index contributed by atoms with van der Waals surface area (Å²) in [6.45, 7) is 8.34. The summed E-state index contributed by atoms with van der Waals surface area (Å²) in [5.41, 5.74) is 2.15. The Labute approximate surface area is 135 Å². The number of amides is 1. The van der Waals surface area contributed by atoms with Crippen molar-refractivity contribution in [2.45, 2.75) is 43.5 Å². The third-order valence-electron chi connectivity index (χ3n) is 3.21. The number of carbonyl (C=O) groups excluding carboxylic acids is 1. The van der Waals surface area contributed by atoms with Gasteiger partial charge in [0.05, 0.1) is 5.25 Å². The van der Waals surface area contributed by atoms with Crippen LogP contribution in [0.15, 0.2) is 47.9 Å². The molecule has 1 amide bonds. The van der Waals surface area contributed by atoms with Crippen LogP contribution in [0.1, 0.15) is 33.3 Å². The van der Waals surface area contributed by atoms with Crippen molar-refractivity contribution in [1.29, 1.82) is 0 Å². The quantitative estimate of drug-likeness (QED) is 0.687. The van der Waals surface area contributed by atoms with Gasteiger partial charge in [-0.05, 0) is 36.1 Å². The van der Waals surface area contributed by atoms with Crippen LogP contribution in [0, 0.1) is 0 Å². The SMILES string of the molecule is CC(Sc1ncccn1)C(=O)Nc1ccc(C(C)(C)C)cc1. The average molecular weight is 315 g/mol. The van der Waals surface area contributed by atoms with E-state index in [4.69, 9.17) is 0 Å². The van der Waals surface area contributed by atoms with E-state index in [2.05, 4.69) is 36.1 Å². The topological polar surface area (TPSA) is 54.9 Å². The summed E-state index contributed by atoms with van der Waals surface area (Å²) in [5, 5.41) is 3.27. The molecule has 1 heterocycles. The Kier molecular flexibility index (Phi) is 5.19. The lowest BCUT2D eigenvalue weighted by Gasteiger charge is -2.19. The first-order valence-corrected chi connectivity index (χ1v) is 8.09. The van der Waals surface area contributed by atoms with E-state index >= 15 is 0 Å². The second kappa shape index (κ2) is 6.92. The van der Waals surface area contributed by atoms with Crippen molar-refractivity contribution < 1.29 is 4.79 Å². The van der Waals surface area contributed by atoms with Crippen LogP contribution >= 0.6 is 11.8 Å². The highest BCUT2D eigenvalue weighted by molar-refractivity contribution is 8.00. The Morgan fingerprint density at radius 3 is 2.27 bits per heavy atom. The fourth-order valence-electron chi connectivity index (χ4n) is 1.86. The van der Waals surface area contributed by atoms with Crippen molar-refractivity contribution in [3.05, 3.63) is 48.3 Å². The van der Waals surface area contributed by atoms with Crippen LogP contribution in [0.2, 0.25) is 0 Å². The first-order valence-electron chi connectivity index (χ1n) is 7.21. The van der Waals surface area contributed by atoms with E-state index in [1.54, 1.807) is 18.5 Å². The summed E-state index contributed by atoms with van der Waals surface area (Å²) in [5.74, 6) is -0.0547. The first-order chi connectivity index (χ1) is 10.4. The van der Waals surface area contributed by atoms with Crippen molar-refractivity contribution in [3.63, 3.8) is 0 Å². The number of nitrogens with zero attached hydrogens (tertiary/aromatic N) is 2. The molecule has 1 N–H and O–H groups in total. The summed E-state index contributed by atoms with van der Waals surface area (Å²) < 4.78 is 0. The van der Waals surface area contributed by atoms with Gasteiger partial charge in [-0.15, -0.1) is 0 Å². The summed E-state index contributed by atoms with van der Waals surface area (Å²) in [7, 11) is 0. The number of hydrogen-bond donors (Lipinski definition) is 1. The second-order valence-corrected chi connectivity index (χ2v) is 7.42. The van der Waals surface area contributed by atoms with Crippen LogP contribution < -0.4 is 5.32 Å². The smallest absolute Gasteiger partial charge is 0.237 e. The predicted octanol–water partition coefficient (Wildman–Crippen LogP) is 3.89. The van der Waals surface area contributed by atoms with Crippen molar-refractivity contribution in [2.24, 2.45) is 0 Å². The normalized spacial score (nSPS) is 12.7. The van der Waals surface area contributed by atoms with Crippen molar-refractivity contribution >= 4 is 23.4 Å². The maximum Gasteiger partial charge on any atom is 0.237 e. The molecule has 0 fully saturated rings. The van der Waals surface area contributed by atoms with Crippen molar-refractivity contribution in [2.75, 3.05) is 5.32 Å². The molecule has 0 aliphatic carbocycles. The van der Waals surface area contributed by atoms with E-state index in [1.165, 1.54) is 17.3 Å². The van der Waals surface area contributed by atoms with E-state index < -0.39 is 0 Å². The van der Waals surface area contributed by atoms with Gasteiger partial charge in [-0.3, -0.25) is 4.79 Å². The lowest BCUT2D eigenvalue weighted by Crippen LogP contribution is -2.22. The summed E-state index contributed by atoms with van der Waals surface area (Å²) in [6, 6.07) is 9.73. The predicted molar refractivity (Wildman–Crippen MR) is 91.1 cm³/mol. The molecule has 0 saturated heterocycles. The molecule has 0 saturated carbocycles. The Hall–Kier alpha value is -1.88. The fourth-order valence-corrected chi connectivity index (χ4v) is 2.58. The molecule has 2 aromatic rings. The number of hydrogen-bond acceptors (Lipinski definition) is 4. The minimum absolute atomic E-state index is 0.0547. The first kappa shape index (κ1) is 16.5. The third-order valence-corrected chi connectivity index (χ3v) is 4.20. The van der Waals surface area contributed by atoms with Crippen molar-refractivity contribution in [3.8, 4) is 0 Å². The monoisotopic (exact) mass is 315 g/mol. The van der Waals surface area contributed by atoms with Crippen LogP contribution in [0.25, 0.3) is 0 Å². The molecule has 116 valence electrons. The maximum atomic E-state index is 12.2. The molecule has 4 nitrogen and oxygen atoms in total. The molecule has 5 heteroatoms. The number of benzene rings is 1. The van der Waals surface area contributed by atoms with Crippen LogP contribution in [-0.4, -0.2) is 21.1 Å². The molecule has 1 aromatic heterocycles. The zero-order valence-corrected chi connectivity index (χ0v) is 14.1. The Balaban J connectivity index is 1.96. The minimum Gasteiger partial charge on any atom is -0.325 e. The molecule has 0 radical (unpaired) electrons. The summed E-state index contributed by atoms with van der Waals surface area (Å²) >= 11 is 1.34. The molecular weight excluding hydrogens is 294 g/mol. The molecule has 0 spiro atoms. The van der Waals surface area contributed by atoms with Gasteiger partial charge in [-0.25, -0.2) is 9.97 Å². The van der Waals surface area contributed by atoms with Crippen LogP contribution in [0.5, 0.6) is 0 Å². The molecule has 0 aliphatic heterocycles. The molecule has 1 unspecified atom stereocenters. The van der Waals surface area contributed by atoms with Gasteiger partial charge in [0.15, 0.2) is 5.16 Å². The Morgan fingerprint density at radius 2 is 1.73 bits per heavy atom. The maximum absolute atomic E-state index is 12.2. The van der Waals surface area contributed by atoms with E-state index in [-0.39, 0.29) is 16.6 Å². The molecule has 1 aromatic carbocycles. The number of thioether (sulfide) groups is 1. The van der Waals surface area contributed by atoms with E-state index in [1.807, 2.05) is 31.2 Å². The highest BCUT2D eigenvalue weighted by atomic mass is 32.2. The van der Waals surface area contributed by atoms with Crippen LogP contribution in [-0.2, 0) is 10.2 Å². The van der Waals surface area contributed by atoms with E-state index in [0.717, 1.165) is 5.69 Å².